The van der Waals surface area contributed by atoms with Crippen LogP contribution < -0.4 is 5.32 Å². The summed E-state index contributed by atoms with van der Waals surface area (Å²) in [5.74, 6) is -1.51. The predicted octanol–water partition coefficient (Wildman–Crippen LogP) is 2.31. The molecule has 1 atom stereocenters. The highest BCUT2D eigenvalue weighted by Crippen LogP contribution is 2.11. The summed E-state index contributed by atoms with van der Waals surface area (Å²) in [5, 5.41) is 11.3. The van der Waals surface area contributed by atoms with Gasteiger partial charge in [-0.05, 0) is 17.7 Å². The molecule has 0 aliphatic carbocycles. The zero-order valence-corrected chi connectivity index (χ0v) is 12.5. The highest BCUT2D eigenvalue weighted by Gasteiger charge is 2.14. The summed E-state index contributed by atoms with van der Waals surface area (Å²) in [6.45, 7) is 2.15. The summed E-state index contributed by atoms with van der Waals surface area (Å²) in [4.78, 5) is 23.9. The van der Waals surface area contributed by atoms with Crippen LogP contribution >= 0.6 is 15.9 Å². The van der Waals surface area contributed by atoms with Crippen molar-refractivity contribution >= 4 is 27.9 Å². The molecule has 2 N–H and O–H groups in total. The van der Waals surface area contributed by atoms with Crippen LogP contribution in [0.1, 0.15) is 12.5 Å². The molecule has 0 heterocycles. The number of carboxylic acid groups (broad SMARTS) is 1. The van der Waals surface area contributed by atoms with Crippen LogP contribution in [0, 0.1) is 5.92 Å². The molecule has 0 aliphatic rings. The summed E-state index contributed by atoms with van der Waals surface area (Å²) in [6.07, 6.45) is 0. The van der Waals surface area contributed by atoms with Gasteiger partial charge in [0.25, 0.3) is 0 Å². The SMILES string of the molecule is CC(CNC(=O)N(C)Cc1ccc(Br)cc1)C(=O)O. The Morgan fingerprint density at radius 2 is 1.95 bits per heavy atom. The lowest BCUT2D eigenvalue weighted by molar-refractivity contribution is -0.140. The molecule has 0 fully saturated rings. The molecule has 1 unspecified atom stereocenters. The third kappa shape index (κ3) is 5.30. The smallest absolute Gasteiger partial charge is 0.317 e. The molecule has 0 spiro atoms. The standard InChI is InChI=1S/C13H17BrN2O3/c1-9(12(17)18)7-15-13(19)16(2)8-10-3-5-11(14)6-4-10/h3-6,9H,7-8H2,1-2H3,(H,15,19)(H,17,18). The predicted molar refractivity (Wildman–Crippen MR) is 75.8 cm³/mol. The van der Waals surface area contributed by atoms with Gasteiger partial charge in [0.05, 0.1) is 5.92 Å². The van der Waals surface area contributed by atoms with Crippen LogP contribution in [0.4, 0.5) is 4.79 Å². The summed E-state index contributed by atoms with van der Waals surface area (Å²) in [6, 6.07) is 7.39. The lowest BCUT2D eigenvalue weighted by atomic mass is 10.2. The maximum Gasteiger partial charge on any atom is 0.317 e. The van der Waals surface area contributed by atoms with E-state index in [2.05, 4.69) is 21.2 Å². The number of urea groups is 1. The first-order valence-electron chi connectivity index (χ1n) is 5.86. The lowest BCUT2D eigenvalue weighted by Gasteiger charge is -2.19. The Morgan fingerprint density at radius 1 is 1.37 bits per heavy atom. The largest absolute Gasteiger partial charge is 0.481 e. The number of carboxylic acids is 1. The summed E-state index contributed by atoms with van der Waals surface area (Å²) >= 11 is 3.35. The lowest BCUT2D eigenvalue weighted by Crippen LogP contribution is -2.40. The van der Waals surface area contributed by atoms with Crippen LogP contribution in [0.15, 0.2) is 28.7 Å². The molecule has 19 heavy (non-hydrogen) atoms. The minimum atomic E-state index is -0.920. The molecule has 1 rings (SSSR count). The monoisotopic (exact) mass is 328 g/mol. The number of benzene rings is 1. The Balaban J connectivity index is 2.44. The van der Waals surface area contributed by atoms with Crippen LogP contribution in [0.5, 0.6) is 0 Å². The van der Waals surface area contributed by atoms with Gasteiger partial charge in [-0.3, -0.25) is 4.79 Å². The molecule has 2 amide bonds. The fourth-order valence-corrected chi connectivity index (χ4v) is 1.66. The van der Waals surface area contributed by atoms with E-state index in [0.717, 1.165) is 10.0 Å². The molecular weight excluding hydrogens is 312 g/mol. The molecular formula is C13H17BrN2O3. The van der Waals surface area contributed by atoms with Gasteiger partial charge in [0.2, 0.25) is 0 Å². The fourth-order valence-electron chi connectivity index (χ4n) is 1.40. The van der Waals surface area contributed by atoms with Gasteiger partial charge in [-0.15, -0.1) is 0 Å². The number of halogens is 1. The third-order valence-corrected chi connectivity index (χ3v) is 3.19. The maximum atomic E-state index is 11.8. The number of rotatable bonds is 5. The van der Waals surface area contributed by atoms with E-state index in [0.29, 0.717) is 6.54 Å². The highest BCUT2D eigenvalue weighted by atomic mass is 79.9. The van der Waals surface area contributed by atoms with Crippen LogP contribution in [0.2, 0.25) is 0 Å². The van der Waals surface area contributed by atoms with Crippen LogP contribution in [-0.2, 0) is 11.3 Å². The molecule has 0 saturated heterocycles. The van der Waals surface area contributed by atoms with Gasteiger partial charge in [0.1, 0.15) is 0 Å². The number of hydrogen-bond donors (Lipinski definition) is 2. The van der Waals surface area contributed by atoms with Gasteiger partial charge >= 0.3 is 12.0 Å². The van der Waals surface area contributed by atoms with Crippen molar-refractivity contribution in [3.63, 3.8) is 0 Å². The van der Waals surface area contributed by atoms with Gasteiger partial charge < -0.3 is 15.3 Å². The third-order valence-electron chi connectivity index (χ3n) is 2.66. The summed E-state index contributed by atoms with van der Waals surface area (Å²) in [7, 11) is 1.67. The Morgan fingerprint density at radius 3 is 2.47 bits per heavy atom. The average molecular weight is 329 g/mol. The minimum Gasteiger partial charge on any atom is -0.481 e. The Kier molecular flexibility index (Phi) is 5.82. The van der Waals surface area contributed by atoms with Crippen LogP contribution in [0.25, 0.3) is 0 Å². The van der Waals surface area contributed by atoms with Crippen LogP contribution in [0.3, 0.4) is 0 Å². The van der Waals surface area contributed by atoms with E-state index in [1.807, 2.05) is 24.3 Å². The second kappa shape index (κ2) is 7.13. The summed E-state index contributed by atoms with van der Waals surface area (Å²) in [5.41, 5.74) is 1.01. The van der Waals surface area contributed by atoms with Crippen molar-refractivity contribution in [1.82, 2.24) is 10.2 Å². The summed E-state index contributed by atoms with van der Waals surface area (Å²) < 4.78 is 0.985. The number of carbonyl (C=O) groups excluding carboxylic acids is 1. The normalized spacial score (nSPS) is 11.7. The van der Waals surface area contributed by atoms with E-state index in [1.165, 1.54) is 4.90 Å². The molecule has 0 aromatic heterocycles. The fraction of sp³-hybridized carbons (Fsp3) is 0.385. The van der Waals surface area contributed by atoms with E-state index in [-0.39, 0.29) is 12.6 Å². The van der Waals surface area contributed by atoms with Crippen molar-refractivity contribution in [2.75, 3.05) is 13.6 Å². The highest BCUT2D eigenvalue weighted by molar-refractivity contribution is 9.10. The van der Waals surface area contributed by atoms with Crippen LogP contribution in [-0.4, -0.2) is 35.6 Å². The van der Waals surface area contributed by atoms with E-state index >= 15 is 0 Å². The molecule has 1 aromatic carbocycles. The first kappa shape index (κ1) is 15.5. The number of nitrogens with one attached hydrogen (secondary N) is 1. The Bertz CT molecular complexity index is 448. The van der Waals surface area contributed by atoms with Crippen molar-refractivity contribution in [3.8, 4) is 0 Å². The molecule has 0 saturated carbocycles. The first-order valence-corrected chi connectivity index (χ1v) is 6.65. The second-order valence-electron chi connectivity index (χ2n) is 4.41. The molecule has 0 radical (unpaired) electrons. The van der Waals surface area contributed by atoms with Gasteiger partial charge in [-0.25, -0.2) is 4.79 Å². The molecule has 6 heteroatoms. The van der Waals surface area contributed by atoms with Crippen molar-refractivity contribution in [2.24, 2.45) is 5.92 Å². The van der Waals surface area contributed by atoms with Gasteiger partial charge in [-0.2, -0.15) is 0 Å². The van der Waals surface area contributed by atoms with Crippen molar-refractivity contribution < 1.29 is 14.7 Å². The Labute approximate surface area is 120 Å². The second-order valence-corrected chi connectivity index (χ2v) is 5.32. The quantitative estimate of drug-likeness (QED) is 0.871. The van der Waals surface area contributed by atoms with Gasteiger partial charge in [0, 0.05) is 24.6 Å². The Hall–Kier alpha value is -1.56. The molecule has 104 valence electrons. The molecule has 1 aromatic rings. The number of carbonyl (C=O) groups is 2. The zero-order chi connectivity index (χ0) is 14.4. The van der Waals surface area contributed by atoms with E-state index in [1.54, 1.807) is 14.0 Å². The van der Waals surface area contributed by atoms with Crippen molar-refractivity contribution in [3.05, 3.63) is 34.3 Å². The molecule has 5 nitrogen and oxygen atoms in total. The maximum absolute atomic E-state index is 11.8. The molecule has 0 bridgehead atoms. The number of hydrogen-bond acceptors (Lipinski definition) is 2. The topological polar surface area (TPSA) is 69.6 Å². The van der Waals surface area contributed by atoms with E-state index in [9.17, 15) is 9.59 Å². The number of aliphatic carboxylic acids is 1. The average Bonchev–Trinajstić information content (AvgIpc) is 2.37. The first-order chi connectivity index (χ1) is 8.90. The minimum absolute atomic E-state index is 0.124. The number of amides is 2. The van der Waals surface area contributed by atoms with Crippen molar-refractivity contribution in [2.45, 2.75) is 13.5 Å². The van der Waals surface area contributed by atoms with Gasteiger partial charge in [-0.1, -0.05) is 35.0 Å². The van der Waals surface area contributed by atoms with Gasteiger partial charge in [0.15, 0.2) is 0 Å². The molecule has 0 aliphatic heterocycles. The number of nitrogens with zero attached hydrogens (tertiary/aromatic N) is 1. The van der Waals surface area contributed by atoms with Crippen molar-refractivity contribution in [1.29, 1.82) is 0 Å². The zero-order valence-electron chi connectivity index (χ0n) is 10.9. The van der Waals surface area contributed by atoms with E-state index in [4.69, 9.17) is 5.11 Å². The van der Waals surface area contributed by atoms with E-state index < -0.39 is 11.9 Å².